The zero-order valence-electron chi connectivity index (χ0n) is 12.9. The van der Waals surface area contributed by atoms with E-state index in [0.29, 0.717) is 16.4 Å². The molecule has 0 fully saturated rings. The first-order chi connectivity index (χ1) is 12.1. The average Bonchev–Trinajstić information content (AvgIpc) is 2.57. The summed E-state index contributed by atoms with van der Waals surface area (Å²) in [5, 5.41) is 0.628. The van der Waals surface area contributed by atoms with Crippen molar-refractivity contribution in [2.45, 2.75) is 9.92 Å². The summed E-state index contributed by atoms with van der Waals surface area (Å²) < 4.78 is 64.8. The Kier molecular flexibility index (Phi) is 3.50. The van der Waals surface area contributed by atoms with E-state index >= 15 is 0 Å². The van der Waals surface area contributed by atoms with Gasteiger partial charge < -0.3 is 0 Å². The second kappa shape index (κ2) is 5.42. The van der Waals surface area contributed by atoms with Crippen LogP contribution in [0, 0.1) is 0 Å². The van der Waals surface area contributed by atoms with E-state index in [1.54, 1.807) is 18.2 Å². The monoisotopic (exact) mass is 390 g/mol. The predicted octanol–water partition coefficient (Wildman–Crippen LogP) is 2.43. The van der Waals surface area contributed by atoms with Gasteiger partial charge in [-0.15, -0.1) is 0 Å². The molecule has 0 saturated heterocycles. The molecule has 0 aliphatic heterocycles. The normalized spacial score (nSPS) is 12.8. The first kappa shape index (κ1) is 16.8. The molecule has 0 aliphatic carbocycles. The Hall–Kier alpha value is -2.66. The third-order valence-corrected chi connectivity index (χ3v) is 5.72. The topological polar surface area (TPSA) is 135 Å². The molecule has 0 saturated carbocycles. The van der Waals surface area contributed by atoms with Crippen LogP contribution in [0.3, 0.4) is 0 Å². The maximum Gasteiger partial charge on any atom is 0.313 e. The van der Waals surface area contributed by atoms with Crippen LogP contribution in [0.1, 0.15) is 0 Å². The molecule has 0 unspecified atom stereocenters. The summed E-state index contributed by atoms with van der Waals surface area (Å²) in [5.74, 6) is 0. The number of aromatic nitrogens is 2. The van der Waals surface area contributed by atoms with Crippen molar-refractivity contribution in [3.8, 4) is 0 Å². The van der Waals surface area contributed by atoms with Crippen molar-refractivity contribution >= 4 is 52.9 Å². The van der Waals surface area contributed by atoms with Crippen molar-refractivity contribution in [3.63, 3.8) is 0 Å². The fourth-order valence-electron chi connectivity index (χ4n) is 2.81. The second-order valence-corrected chi connectivity index (χ2v) is 8.36. The molecule has 0 aliphatic rings. The van der Waals surface area contributed by atoms with Crippen LogP contribution in [0.4, 0.5) is 0 Å². The van der Waals surface area contributed by atoms with Gasteiger partial charge in [0.15, 0.2) is 0 Å². The Balaban J connectivity index is 2.22. The molecular formula is C16H10N2O6S2. The van der Waals surface area contributed by atoms with Crippen molar-refractivity contribution in [1.82, 2.24) is 9.97 Å². The predicted molar refractivity (Wildman–Crippen MR) is 94.2 cm³/mol. The number of para-hydroxylation sites is 1. The number of nitrogens with zero attached hydrogens (tertiary/aromatic N) is 2. The molecule has 4 rings (SSSR count). The molecule has 4 aromatic rings. The van der Waals surface area contributed by atoms with Gasteiger partial charge in [-0.05, 0) is 18.2 Å². The minimum atomic E-state index is -5.00. The van der Waals surface area contributed by atoms with Gasteiger partial charge in [-0.3, -0.25) is 9.11 Å². The van der Waals surface area contributed by atoms with E-state index in [4.69, 9.17) is 0 Å². The Bertz CT molecular complexity index is 1430. The fraction of sp³-hybridized carbons (Fsp3) is 0. The Morgan fingerprint density at radius 3 is 1.96 bits per heavy atom. The molecule has 10 heteroatoms. The summed E-state index contributed by atoms with van der Waals surface area (Å²) in [7, 11) is -9.92. The van der Waals surface area contributed by atoms with E-state index in [9.17, 15) is 25.9 Å². The minimum absolute atomic E-state index is 0.0910. The van der Waals surface area contributed by atoms with Crippen LogP contribution in [0.15, 0.2) is 58.5 Å². The van der Waals surface area contributed by atoms with Crippen LogP contribution in [0.2, 0.25) is 0 Å². The number of hydrogen-bond donors (Lipinski definition) is 2. The van der Waals surface area contributed by atoms with Gasteiger partial charge in [-0.25, -0.2) is 9.97 Å². The van der Waals surface area contributed by atoms with Crippen molar-refractivity contribution in [3.05, 3.63) is 48.5 Å². The van der Waals surface area contributed by atoms with Crippen LogP contribution in [0.25, 0.3) is 32.7 Å². The van der Waals surface area contributed by atoms with E-state index in [2.05, 4.69) is 9.97 Å². The third kappa shape index (κ3) is 2.69. The lowest BCUT2D eigenvalue weighted by Gasteiger charge is -2.09. The highest BCUT2D eigenvalue weighted by molar-refractivity contribution is 7.89. The molecule has 132 valence electrons. The van der Waals surface area contributed by atoms with E-state index in [1.807, 2.05) is 18.2 Å². The van der Waals surface area contributed by atoms with E-state index in [0.717, 1.165) is 11.5 Å². The van der Waals surface area contributed by atoms with Gasteiger partial charge in [0.05, 0.1) is 16.6 Å². The fourth-order valence-corrected chi connectivity index (χ4v) is 4.50. The zero-order valence-corrected chi connectivity index (χ0v) is 14.5. The molecule has 0 amide bonds. The Labute approximate surface area is 147 Å². The molecule has 0 spiro atoms. The molecule has 0 atom stereocenters. The lowest BCUT2D eigenvalue weighted by molar-refractivity contribution is 0.462. The zero-order chi connectivity index (χ0) is 18.7. The Morgan fingerprint density at radius 2 is 1.31 bits per heavy atom. The van der Waals surface area contributed by atoms with Crippen molar-refractivity contribution in [1.29, 1.82) is 0 Å². The summed E-state index contributed by atoms with van der Waals surface area (Å²) in [5.41, 5.74) is 1.07. The van der Waals surface area contributed by atoms with Gasteiger partial charge in [-0.1, -0.05) is 30.3 Å². The summed E-state index contributed by atoms with van der Waals surface area (Å²) >= 11 is 0. The minimum Gasteiger partial charge on any atom is -0.282 e. The Morgan fingerprint density at radius 1 is 0.692 bits per heavy atom. The number of pyridine rings is 2. The highest BCUT2D eigenvalue weighted by Gasteiger charge is 2.27. The first-order valence-corrected chi connectivity index (χ1v) is 10.1. The number of benzene rings is 2. The van der Waals surface area contributed by atoms with Crippen LogP contribution in [-0.4, -0.2) is 35.9 Å². The van der Waals surface area contributed by atoms with Crippen LogP contribution < -0.4 is 0 Å². The number of fused-ring (bicyclic) bond motifs is 4. The SMILES string of the molecule is O=S(=O)(O)c1cc2ccc3cc4ccccc4nc3c2nc1S(=O)(=O)O. The van der Waals surface area contributed by atoms with Gasteiger partial charge in [0.25, 0.3) is 10.1 Å². The van der Waals surface area contributed by atoms with Gasteiger partial charge in [0.1, 0.15) is 4.90 Å². The number of hydrogen-bond acceptors (Lipinski definition) is 6. The largest absolute Gasteiger partial charge is 0.313 e. The number of rotatable bonds is 2. The van der Waals surface area contributed by atoms with Crippen molar-refractivity contribution in [2.75, 3.05) is 0 Å². The highest BCUT2D eigenvalue weighted by Crippen LogP contribution is 2.30. The van der Waals surface area contributed by atoms with Crippen molar-refractivity contribution in [2.24, 2.45) is 0 Å². The van der Waals surface area contributed by atoms with Gasteiger partial charge in [0, 0.05) is 16.2 Å². The quantitative estimate of drug-likeness (QED) is 0.303. The lowest BCUT2D eigenvalue weighted by atomic mass is 10.1. The van der Waals surface area contributed by atoms with Crippen molar-refractivity contribution < 1.29 is 25.9 Å². The van der Waals surface area contributed by atoms with E-state index in [1.165, 1.54) is 6.07 Å². The van der Waals surface area contributed by atoms with Crippen LogP contribution >= 0.6 is 0 Å². The van der Waals surface area contributed by atoms with E-state index in [-0.39, 0.29) is 10.9 Å². The second-order valence-electron chi connectivity index (χ2n) is 5.63. The summed E-state index contributed by atoms with van der Waals surface area (Å²) in [6.45, 7) is 0. The molecular weight excluding hydrogens is 380 g/mol. The average molecular weight is 390 g/mol. The van der Waals surface area contributed by atoms with Crippen LogP contribution in [0.5, 0.6) is 0 Å². The first-order valence-electron chi connectivity index (χ1n) is 7.23. The van der Waals surface area contributed by atoms with E-state index < -0.39 is 30.2 Å². The van der Waals surface area contributed by atoms with Gasteiger partial charge >= 0.3 is 10.1 Å². The van der Waals surface area contributed by atoms with Gasteiger partial charge in [-0.2, -0.15) is 16.8 Å². The molecule has 0 radical (unpaired) electrons. The molecule has 2 aromatic heterocycles. The summed E-state index contributed by atoms with van der Waals surface area (Å²) in [4.78, 5) is 7.29. The van der Waals surface area contributed by atoms with Gasteiger partial charge in [0.2, 0.25) is 5.03 Å². The molecule has 8 nitrogen and oxygen atoms in total. The lowest BCUT2D eigenvalue weighted by Crippen LogP contribution is -2.11. The standard InChI is InChI=1S/C16H10N2O6S2/c19-25(20,21)13-8-11-6-5-10-7-9-3-1-2-4-12(9)17-14(10)15(11)18-16(13)26(22,23)24/h1-8H,(H,19,20,21)(H,22,23,24). The smallest absolute Gasteiger partial charge is 0.282 e. The molecule has 2 N–H and O–H groups in total. The summed E-state index contributed by atoms with van der Waals surface area (Å²) in [6.07, 6.45) is 0. The summed E-state index contributed by atoms with van der Waals surface area (Å²) in [6, 6.07) is 13.3. The molecule has 26 heavy (non-hydrogen) atoms. The maximum absolute atomic E-state index is 11.6. The molecule has 2 heterocycles. The van der Waals surface area contributed by atoms with Crippen LogP contribution in [-0.2, 0) is 20.2 Å². The third-order valence-electron chi connectivity index (χ3n) is 3.93. The molecule has 2 aromatic carbocycles. The molecule has 0 bridgehead atoms. The maximum atomic E-state index is 11.6. The highest BCUT2D eigenvalue weighted by atomic mass is 32.2.